The zero-order chi connectivity index (χ0) is 22.8. The van der Waals surface area contributed by atoms with Crippen molar-refractivity contribution in [1.29, 1.82) is 0 Å². The van der Waals surface area contributed by atoms with Gasteiger partial charge in [0.2, 0.25) is 0 Å². The number of azo groups is 1. The highest BCUT2D eigenvalue weighted by Crippen LogP contribution is 2.36. The molecule has 0 radical (unpaired) electrons. The van der Waals surface area contributed by atoms with Crippen molar-refractivity contribution in [3.8, 4) is 0 Å². The van der Waals surface area contributed by atoms with E-state index in [-0.39, 0.29) is 5.69 Å². The lowest BCUT2D eigenvalue weighted by Gasteiger charge is -2.11. The Morgan fingerprint density at radius 2 is 1.79 bits per heavy atom. The Hall–Kier alpha value is -4.66. The molecular formula is C24H20N8O. The van der Waals surface area contributed by atoms with Crippen molar-refractivity contribution in [1.82, 2.24) is 15.4 Å². The fourth-order valence-corrected chi connectivity index (χ4v) is 3.79. The summed E-state index contributed by atoms with van der Waals surface area (Å²) in [4.78, 5) is 11.1. The number of hydrogen-bond donors (Lipinski definition) is 3. The number of nitroso groups, excluding NO2 is 1. The summed E-state index contributed by atoms with van der Waals surface area (Å²) < 4.78 is 0. The largest absolute Gasteiger partial charge is 0.399 e. The second-order valence-corrected chi connectivity index (χ2v) is 7.62. The molecule has 162 valence electrons. The molecular weight excluding hydrogens is 416 g/mol. The topological polar surface area (TPSA) is 134 Å². The fraction of sp³-hybridized carbons (Fsp3) is 0.0833. The number of benzene rings is 4. The summed E-state index contributed by atoms with van der Waals surface area (Å²) >= 11 is 0. The van der Waals surface area contributed by atoms with Crippen LogP contribution in [0.15, 0.2) is 82.1 Å². The third kappa shape index (κ3) is 3.87. The van der Waals surface area contributed by atoms with E-state index < -0.39 is 0 Å². The third-order valence-electron chi connectivity index (χ3n) is 5.54. The molecule has 0 spiro atoms. The third-order valence-corrected chi connectivity index (χ3v) is 5.54. The summed E-state index contributed by atoms with van der Waals surface area (Å²) in [7, 11) is 0. The van der Waals surface area contributed by atoms with Gasteiger partial charge in [0.1, 0.15) is 22.4 Å². The Balaban J connectivity index is 1.53. The van der Waals surface area contributed by atoms with Crippen LogP contribution in [0.4, 0.5) is 28.4 Å². The van der Waals surface area contributed by atoms with Gasteiger partial charge in [-0.15, -0.1) is 15.1 Å². The van der Waals surface area contributed by atoms with Gasteiger partial charge < -0.3 is 11.1 Å². The molecule has 9 nitrogen and oxygen atoms in total. The number of nitrogen functional groups attached to an aromatic ring is 1. The average molecular weight is 436 g/mol. The smallest absolute Gasteiger partial charge is 0.142 e. The first-order valence-corrected chi connectivity index (χ1v) is 10.3. The number of nitrogens with two attached hydrogens (primary N) is 1. The van der Waals surface area contributed by atoms with E-state index in [2.05, 4.69) is 60.4 Å². The Morgan fingerprint density at radius 1 is 0.970 bits per heavy atom. The van der Waals surface area contributed by atoms with Crippen LogP contribution >= 0.6 is 0 Å². The lowest BCUT2D eigenvalue weighted by atomic mass is 10.0. The molecule has 0 aliphatic heterocycles. The van der Waals surface area contributed by atoms with E-state index in [4.69, 9.17) is 5.73 Å². The zero-order valence-corrected chi connectivity index (χ0v) is 17.8. The Morgan fingerprint density at radius 3 is 2.67 bits per heavy atom. The highest BCUT2D eigenvalue weighted by Gasteiger charge is 2.13. The van der Waals surface area contributed by atoms with Crippen molar-refractivity contribution >= 4 is 50.2 Å². The van der Waals surface area contributed by atoms with Gasteiger partial charge in [-0.3, -0.25) is 0 Å². The highest BCUT2D eigenvalue weighted by atomic mass is 16.3. The number of H-pyrrole nitrogens is 1. The Kier molecular flexibility index (Phi) is 5.19. The van der Waals surface area contributed by atoms with Gasteiger partial charge in [-0.25, -0.2) is 0 Å². The van der Waals surface area contributed by atoms with E-state index in [1.165, 1.54) is 16.8 Å². The number of aromatic nitrogens is 3. The maximum absolute atomic E-state index is 11.1. The maximum atomic E-state index is 11.1. The van der Waals surface area contributed by atoms with Crippen LogP contribution in [-0.4, -0.2) is 15.4 Å². The summed E-state index contributed by atoms with van der Waals surface area (Å²) in [6.07, 6.45) is 0. The zero-order valence-electron chi connectivity index (χ0n) is 17.8. The van der Waals surface area contributed by atoms with Gasteiger partial charge in [-0.1, -0.05) is 42.5 Å². The lowest BCUT2D eigenvalue weighted by molar-refractivity contribution is 0.959. The molecule has 0 fully saturated rings. The molecule has 1 heterocycles. The fourth-order valence-electron chi connectivity index (χ4n) is 3.79. The molecule has 5 rings (SSSR count). The van der Waals surface area contributed by atoms with E-state index >= 15 is 0 Å². The molecule has 4 aromatic carbocycles. The quantitative estimate of drug-likeness (QED) is 0.160. The van der Waals surface area contributed by atoms with Crippen LogP contribution < -0.4 is 11.1 Å². The molecule has 0 bridgehead atoms. The number of nitrogens with one attached hydrogen (secondary N) is 2. The van der Waals surface area contributed by atoms with Crippen molar-refractivity contribution in [2.24, 2.45) is 15.4 Å². The van der Waals surface area contributed by atoms with E-state index in [1.807, 2.05) is 30.3 Å². The minimum atomic E-state index is 0.234. The molecule has 4 N–H and O–H groups in total. The maximum Gasteiger partial charge on any atom is 0.142 e. The van der Waals surface area contributed by atoms with E-state index in [0.29, 0.717) is 40.2 Å². The van der Waals surface area contributed by atoms with Crippen LogP contribution in [-0.2, 0) is 6.54 Å². The van der Waals surface area contributed by atoms with E-state index in [9.17, 15) is 4.91 Å². The van der Waals surface area contributed by atoms with Gasteiger partial charge in [0.05, 0.1) is 11.4 Å². The average Bonchev–Trinajstić information content (AvgIpc) is 3.32. The predicted octanol–water partition coefficient (Wildman–Crippen LogP) is 6.43. The molecule has 0 aliphatic rings. The Labute approximate surface area is 188 Å². The monoisotopic (exact) mass is 436 g/mol. The van der Waals surface area contributed by atoms with Gasteiger partial charge >= 0.3 is 0 Å². The van der Waals surface area contributed by atoms with Crippen LogP contribution in [0.1, 0.15) is 11.1 Å². The predicted molar refractivity (Wildman–Crippen MR) is 130 cm³/mol. The lowest BCUT2D eigenvalue weighted by Crippen LogP contribution is -2.00. The van der Waals surface area contributed by atoms with Gasteiger partial charge in [-0.2, -0.15) is 15.4 Å². The SMILES string of the molecule is Cc1c(N=O)cc(N)cc1N=Nc1c(NCc2cccc3ccccc23)ccc2n[nH]nc12. The summed E-state index contributed by atoms with van der Waals surface area (Å²) in [5.74, 6) is 0. The minimum Gasteiger partial charge on any atom is -0.399 e. The number of anilines is 2. The molecule has 33 heavy (non-hydrogen) atoms. The molecule has 0 aliphatic carbocycles. The molecule has 1 aromatic heterocycles. The second-order valence-electron chi connectivity index (χ2n) is 7.62. The molecule has 5 aromatic rings. The van der Waals surface area contributed by atoms with E-state index in [0.717, 1.165) is 11.3 Å². The molecule has 9 heteroatoms. The van der Waals surface area contributed by atoms with Crippen molar-refractivity contribution in [3.05, 3.63) is 82.8 Å². The van der Waals surface area contributed by atoms with Crippen LogP contribution in [0.25, 0.3) is 21.8 Å². The minimum absolute atomic E-state index is 0.234. The van der Waals surface area contributed by atoms with Crippen molar-refractivity contribution in [2.45, 2.75) is 13.5 Å². The first kappa shape index (κ1) is 20.3. The number of hydrogen-bond acceptors (Lipinski definition) is 8. The van der Waals surface area contributed by atoms with Gasteiger partial charge in [-0.05, 0) is 52.7 Å². The van der Waals surface area contributed by atoms with Crippen molar-refractivity contribution in [3.63, 3.8) is 0 Å². The van der Waals surface area contributed by atoms with Gasteiger partial charge in [0.15, 0.2) is 0 Å². The molecule has 0 saturated carbocycles. The van der Waals surface area contributed by atoms with Gasteiger partial charge in [0, 0.05) is 17.8 Å². The molecule has 0 atom stereocenters. The first-order valence-electron chi connectivity index (χ1n) is 10.3. The number of rotatable bonds is 6. The molecule has 0 saturated heterocycles. The highest BCUT2D eigenvalue weighted by molar-refractivity contribution is 5.93. The van der Waals surface area contributed by atoms with Crippen molar-refractivity contribution in [2.75, 3.05) is 11.1 Å². The first-order chi connectivity index (χ1) is 16.1. The van der Waals surface area contributed by atoms with Crippen LogP contribution in [0.3, 0.4) is 0 Å². The molecule has 0 amide bonds. The molecule has 0 unspecified atom stereocenters. The van der Waals surface area contributed by atoms with Crippen LogP contribution in [0, 0.1) is 11.8 Å². The van der Waals surface area contributed by atoms with E-state index in [1.54, 1.807) is 13.0 Å². The van der Waals surface area contributed by atoms with Gasteiger partial charge in [0.25, 0.3) is 0 Å². The summed E-state index contributed by atoms with van der Waals surface area (Å²) in [6.45, 7) is 2.34. The summed E-state index contributed by atoms with van der Waals surface area (Å²) in [6, 6.07) is 21.4. The van der Waals surface area contributed by atoms with Crippen molar-refractivity contribution < 1.29 is 0 Å². The number of aromatic amines is 1. The normalized spacial score (nSPS) is 11.4. The van der Waals surface area contributed by atoms with Crippen LogP contribution in [0.5, 0.6) is 0 Å². The summed E-state index contributed by atoms with van der Waals surface area (Å²) in [5.41, 5.74) is 11.3. The summed E-state index contributed by atoms with van der Waals surface area (Å²) in [5, 5.41) is 28.7. The number of fused-ring (bicyclic) bond motifs is 2. The number of nitrogens with zero attached hydrogens (tertiary/aromatic N) is 5. The second kappa shape index (κ2) is 8.46. The standard InChI is InChI=1S/C24H20N8O/c1-14-21(11-17(25)12-22(14)31-33)27-29-23-19(9-10-20-24(23)30-32-28-20)26-13-16-7-4-6-15-5-2-3-8-18(15)16/h2-12,26H,13,25H2,1H3,(H,28,30,32). The Bertz CT molecular complexity index is 1520. The van der Waals surface area contributed by atoms with Crippen LogP contribution in [0.2, 0.25) is 0 Å².